The molecule has 13 heavy (non-hydrogen) atoms. The van der Waals surface area contributed by atoms with Crippen LogP contribution < -0.4 is 0 Å². The van der Waals surface area contributed by atoms with Crippen LogP contribution in [0.4, 0.5) is 0 Å². The van der Waals surface area contributed by atoms with Crippen LogP contribution in [0.25, 0.3) is 0 Å². The molecular weight excluding hydrogens is 172 g/mol. The van der Waals surface area contributed by atoms with Crippen LogP contribution >= 0.6 is 0 Å². The molecule has 4 nitrogen and oxygen atoms in total. The Morgan fingerprint density at radius 2 is 1.54 bits per heavy atom. The highest BCUT2D eigenvalue weighted by Gasteiger charge is 2.77. The van der Waals surface area contributed by atoms with E-state index in [1.807, 2.05) is 37.3 Å². The van der Waals surface area contributed by atoms with Gasteiger partial charge in [-0.3, -0.25) is 0 Å². The standard InChI is InChI=1S/C9H8O4/c1-8(7-5-3-2-4-6-7)9(11-10-8)12-13-9/h2-6H,1H3. The van der Waals surface area contributed by atoms with Crippen molar-refractivity contribution < 1.29 is 19.6 Å². The molecule has 2 heterocycles. The van der Waals surface area contributed by atoms with E-state index >= 15 is 0 Å². The molecular formula is C9H8O4. The number of rotatable bonds is 1. The van der Waals surface area contributed by atoms with Crippen molar-refractivity contribution in [3.63, 3.8) is 0 Å². The molecule has 1 unspecified atom stereocenters. The van der Waals surface area contributed by atoms with Crippen LogP contribution in [-0.2, 0) is 25.2 Å². The molecule has 2 aliphatic rings. The van der Waals surface area contributed by atoms with E-state index in [9.17, 15) is 0 Å². The van der Waals surface area contributed by atoms with Gasteiger partial charge < -0.3 is 0 Å². The molecule has 0 radical (unpaired) electrons. The SMILES string of the molecule is CC1(c2ccccc2)OOC12OO2. The Morgan fingerprint density at radius 3 is 2.00 bits per heavy atom. The molecule has 3 rings (SSSR count). The Bertz CT molecular complexity index is 333. The van der Waals surface area contributed by atoms with Crippen molar-refractivity contribution in [3.05, 3.63) is 35.9 Å². The zero-order valence-electron chi connectivity index (χ0n) is 7.02. The van der Waals surface area contributed by atoms with E-state index in [0.29, 0.717) is 0 Å². The Balaban J connectivity index is 2.01. The molecule has 2 saturated heterocycles. The van der Waals surface area contributed by atoms with Crippen molar-refractivity contribution in [1.29, 1.82) is 0 Å². The number of benzene rings is 1. The monoisotopic (exact) mass is 180 g/mol. The minimum Gasteiger partial charge on any atom is -0.211 e. The summed E-state index contributed by atoms with van der Waals surface area (Å²) in [5.41, 5.74) is 0.326. The van der Waals surface area contributed by atoms with Crippen LogP contribution in [0.1, 0.15) is 12.5 Å². The van der Waals surface area contributed by atoms with Gasteiger partial charge in [0.05, 0.1) is 0 Å². The third kappa shape index (κ3) is 0.783. The smallest absolute Gasteiger partial charge is 0.211 e. The molecule has 1 aromatic rings. The van der Waals surface area contributed by atoms with Crippen LogP contribution in [0, 0.1) is 0 Å². The normalized spacial score (nSPS) is 34.2. The highest BCUT2D eigenvalue weighted by molar-refractivity contribution is 5.25. The number of hydrogen-bond donors (Lipinski definition) is 0. The topological polar surface area (TPSA) is 43.5 Å². The van der Waals surface area contributed by atoms with Crippen molar-refractivity contribution in [2.45, 2.75) is 18.5 Å². The molecule has 68 valence electrons. The van der Waals surface area contributed by atoms with E-state index in [2.05, 4.69) is 0 Å². The first-order valence-corrected chi connectivity index (χ1v) is 4.06. The maximum atomic E-state index is 5.03. The van der Waals surface area contributed by atoms with Crippen LogP contribution in [0.3, 0.4) is 0 Å². The Kier molecular flexibility index (Phi) is 1.21. The molecule has 0 bridgehead atoms. The van der Waals surface area contributed by atoms with Crippen molar-refractivity contribution in [1.82, 2.24) is 0 Å². The number of hydrogen-bond acceptors (Lipinski definition) is 4. The van der Waals surface area contributed by atoms with Gasteiger partial charge in [0.2, 0.25) is 5.60 Å². The summed E-state index contributed by atoms with van der Waals surface area (Å²) in [6, 6.07) is 9.68. The van der Waals surface area contributed by atoms with Gasteiger partial charge in [0.25, 0.3) is 0 Å². The molecule has 2 aliphatic heterocycles. The molecule has 2 fully saturated rings. The lowest BCUT2D eigenvalue weighted by molar-refractivity contribution is -0.562. The second-order valence-corrected chi connectivity index (χ2v) is 3.29. The van der Waals surface area contributed by atoms with Crippen molar-refractivity contribution in [2.24, 2.45) is 0 Å². The third-order valence-electron chi connectivity index (χ3n) is 2.46. The van der Waals surface area contributed by atoms with E-state index in [-0.39, 0.29) is 0 Å². The van der Waals surface area contributed by atoms with Gasteiger partial charge in [-0.15, -0.1) is 0 Å². The largest absolute Gasteiger partial charge is 0.401 e. The quantitative estimate of drug-likeness (QED) is 0.485. The molecule has 4 heteroatoms. The molecule has 0 aromatic heterocycles. The zero-order chi connectivity index (χ0) is 8.94. The molecule has 0 saturated carbocycles. The molecule has 1 atom stereocenters. The van der Waals surface area contributed by atoms with Gasteiger partial charge in [0, 0.05) is 0 Å². The molecule has 1 spiro atoms. The summed E-state index contributed by atoms with van der Waals surface area (Å²) in [6.07, 6.45) is 0. The summed E-state index contributed by atoms with van der Waals surface area (Å²) < 4.78 is 0. The first-order valence-electron chi connectivity index (χ1n) is 4.06. The lowest BCUT2D eigenvalue weighted by Gasteiger charge is -2.38. The van der Waals surface area contributed by atoms with Crippen LogP contribution in [-0.4, -0.2) is 5.97 Å². The van der Waals surface area contributed by atoms with E-state index in [4.69, 9.17) is 19.6 Å². The maximum Gasteiger partial charge on any atom is 0.401 e. The zero-order valence-corrected chi connectivity index (χ0v) is 7.02. The van der Waals surface area contributed by atoms with E-state index in [0.717, 1.165) is 5.56 Å². The molecule has 0 N–H and O–H groups in total. The first-order chi connectivity index (χ1) is 6.27. The van der Waals surface area contributed by atoms with Gasteiger partial charge in [0.15, 0.2) is 0 Å². The van der Waals surface area contributed by atoms with Gasteiger partial charge in [-0.05, 0) is 12.5 Å². The molecule has 0 aliphatic carbocycles. The van der Waals surface area contributed by atoms with Crippen LogP contribution in [0.15, 0.2) is 30.3 Å². The third-order valence-corrected chi connectivity index (χ3v) is 2.46. The summed E-state index contributed by atoms with van der Waals surface area (Å²) in [4.78, 5) is 19.3. The van der Waals surface area contributed by atoms with Crippen molar-refractivity contribution in [3.8, 4) is 0 Å². The minimum atomic E-state index is -0.992. The van der Waals surface area contributed by atoms with Gasteiger partial charge >= 0.3 is 5.97 Å². The summed E-state index contributed by atoms with van der Waals surface area (Å²) in [5, 5.41) is 0. The molecule has 1 aromatic carbocycles. The van der Waals surface area contributed by atoms with Crippen molar-refractivity contribution >= 4 is 0 Å². The highest BCUT2D eigenvalue weighted by Crippen LogP contribution is 2.57. The van der Waals surface area contributed by atoms with E-state index in [1.54, 1.807) is 0 Å². The summed E-state index contributed by atoms with van der Waals surface area (Å²) >= 11 is 0. The summed E-state index contributed by atoms with van der Waals surface area (Å²) in [7, 11) is 0. The first kappa shape index (κ1) is 7.46. The summed E-state index contributed by atoms with van der Waals surface area (Å²) in [5.74, 6) is -0.992. The fourth-order valence-electron chi connectivity index (χ4n) is 1.44. The van der Waals surface area contributed by atoms with Crippen LogP contribution in [0.2, 0.25) is 0 Å². The van der Waals surface area contributed by atoms with Gasteiger partial charge in [-0.1, -0.05) is 30.3 Å². The predicted octanol–water partition coefficient (Wildman–Crippen LogP) is 1.48. The van der Waals surface area contributed by atoms with Crippen LogP contribution in [0.5, 0.6) is 0 Å². The van der Waals surface area contributed by atoms with Gasteiger partial charge in [0.1, 0.15) is 0 Å². The van der Waals surface area contributed by atoms with E-state index in [1.165, 1.54) is 0 Å². The fourth-order valence-corrected chi connectivity index (χ4v) is 1.44. The maximum absolute atomic E-state index is 5.03. The van der Waals surface area contributed by atoms with E-state index < -0.39 is 11.6 Å². The Labute approximate surface area is 74.8 Å². The second-order valence-electron chi connectivity index (χ2n) is 3.29. The average Bonchev–Trinajstić information content (AvgIpc) is 2.98. The van der Waals surface area contributed by atoms with Gasteiger partial charge in [-0.25, -0.2) is 4.89 Å². The Hall–Kier alpha value is -0.940. The average molecular weight is 180 g/mol. The summed E-state index contributed by atoms with van der Waals surface area (Å²) in [6.45, 7) is 1.86. The Morgan fingerprint density at radius 1 is 0.923 bits per heavy atom. The minimum absolute atomic E-state index is 0.645. The predicted molar refractivity (Wildman–Crippen MR) is 40.9 cm³/mol. The molecule has 0 amide bonds. The van der Waals surface area contributed by atoms with Gasteiger partial charge in [-0.2, -0.15) is 14.7 Å². The highest BCUT2D eigenvalue weighted by atomic mass is 17.5. The fraction of sp³-hybridized carbons (Fsp3) is 0.333. The lowest BCUT2D eigenvalue weighted by Crippen LogP contribution is -2.54. The second kappa shape index (κ2) is 2.10. The lowest BCUT2D eigenvalue weighted by atomic mass is 9.93. The van der Waals surface area contributed by atoms with Crippen molar-refractivity contribution in [2.75, 3.05) is 0 Å².